The van der Waals surface area contributed by atoms with Gasteiger partial charge < -0.3 is 11.1 Å². The fraction of sp³-hybridized carbons (Fsp3) is 0.167. The summed E-state index contributed by atoms with van der Waals surface area (Å²) in [5, 5.41) is 5.66. The maximum absolute atomic E-state index is 12.7. The highest BCUT2D eigenvalue weighted by Crippen LogP contribution is 2.36. The summed E-state index contributed by atoms with van der Waals surface area (Å²) in [6, 6.07) is 3.08. The first-order valence-electron chi connectivity index (χ1n) is 5.65. The molecule has 0 radical (unpaired) electrons. The normalized spacial score (nSPS) is 11.5. The zero-order valence-electron chi connectivity index (χ0n) is 10.7. The van der Waals surface area contributed by atoms with Crippen LogP contribution in [0.1, 0.15) is 16.1 Å². The third-order valence-electron chi connectivity index (χ3n) is 2.71. The van der Waals surface area contributed by atoms with Crippen LogP contribution in [0.15, 0.2) is 24.4 Å². The van der Waals surface area contributed by atoms with Gasteiger partial charge in [0.25, 0.3) is 5.91 Å². The van der Waals surface area contributed by atoms with E-state index in [9.17, 15) is 18.0 Å². The average Bonchev–Trinajstić information content (AvgIpc) is 2.70. The van der Waals surface area contributed by atoms with Crippen molar-refractivity contribution in [1.82, 2.24) is 9.78 Å². The van der Waals surface area contributed by atoms with E-state index in [4.69, 9.17) is 17.3 Å². The van der Waals surface area contributed by atoms with Crippen LogP contribution in [0.2, 0.25) is 5.02 Å². The van der Waals surface area contributed by atoms with Gasteiger partial charge in [-0.2, -0.15) is 18.3 Å². The molecular formula is C12H10ClF3N4O. The number of halogens is 4. The van der Waals surface area contributed by atoms with E-state index in [1.54, 1.807) is 0 Å². The first-order valence-corrected chi connectivity index (χ1v) is 6.03. The second-order valence-corrected chi connectivity index (χ2v) is 4.63. The molecule has 1 aromatic carbocycles. The highest BCUT2D eigenvalue weighted by molar-refractivity contribution is 6.31. The predicted octanol–water partition coefficient (Wildman–Crippen LogP) is 2.93. The third kappa shape index (κ3) is 3.10. The molecule has 5 nitrogen and oxygen atoms in total. The van der Waals surface area contributed by atoms with Gasteiger partial charge in [0.15, 0.2) is 0 Å². The smallest absolute Gasteiger partial charge is 0.396 e. The van der Waals surface area contributed by atoms with Crippen LogP contribution in [0.3, 0.4) is 0 Å². The lowest BCUT2D eigenvalue weighted by Gasteiger charge is -2.12. The minimum absolute atomic E-state index is 0.0441. The Kier molecular flexibility index (Phi) is 3.82. The van der Waals surface area contributed by atoms with Crippen molar-refractivity contribution in [2.75, 3.05) is 11.1 Å². The molecule has 0 aliphatic rings. The molecule has 1 aromatic heterocycles. The molecule has 3 N–H and O–H groups in total. The van der Waals surface area contributed by atoms with Gasteiger partial charge in [0.1, 0.15) is 5.69 Å². The lowest BCUT2D eigenvalue weighted by Crippen LogP contribution is -2.18. The molecule has 2 aromatic rings. The Morgan fingerprint density at radius 2 is 2.10 bits per heavy atom. The summed E-state index contributed by atoms with van der Waals surface area (Å²) < 4.78 is 39.4. The zero-order valence-corrected chi connectivity index (χ0v) is 11.5. The van der Waals surface area contributed by atoms with Gasteiger partial charge in [0.2, 0.25) is 0 Å². The number of aromatic nitrogens is 2. The van der Waals surface area contributed by atoms with Gasteiger partial charge in [-0.05, 0) is 18.2 Å². The standard InChI is InChI=1S/C12H10ClF3N4O/c1-20-10(9(17)5-18-20)11(21)19-6-2-3-8(13)7(4-6)12(14,15)16/h2-5H,17H2,1H3,(H,19,21). The minimum Gasteiger partial charge on any atom is -0.396 e. The Bertz CT molecular complexity index is 677. The highest BCUT2D eigenvalue weighted by Gasteiger charge is 2.33. The quantitative estimate of drug-likeness (QED) is 0.894. The number of carbonyl (C=O) groups excluding carboxylic acids is 1. The highest BCUT2D eigenvalue weighted by atomic mass is 35.5. The van der Waals surface area contributed by atoms with E-state index >= 15 is 0 Å². The number of aryl methyl sites for hydroxylation is 1. The Hall–Kier alpha value is -2.22. The molecule has 1 amide bonds. The fourth-order valence-corrected chi connectivity index (χ4v) is 1.97. The second-order valence-electron chi connectivity index (χ2n) is 4.22. The minimum atomic E-state index is -4.61. The largest absolute Gasteiger partial charge is 0.417 e. The number of amides is 1. The molecule has 0 atom stereocenters. The SMILES string of the molecule is Cn1ncc(N)c1C(=O)Nc1ccc(Cl)c(C(F)(F)F)c1. The van der Waals surface area contributed by atoms with E-state index in [1.807, 2.05) is 0 Å². The van der Waals surface area contributed by atoms with Gasteiger partial charge in [-0.1, -0.05) is 11.6 Å². The summed E-state index contributed by atoms with van der Waals surface area (Å²) in [5.74, 6) is -0.664. The predicted molar refractivity (Wildman–Crippen MR) is 72.0 cm³/mol. The van der Waals surface area contributed by atoms with E-state index in [1.165, 1.54) is 24.0 Å². The Morgan fingerprint density at radius 1 is 1.43 bits per heavy atom. The fourth-order valence-electron chi connectivity index (χ4n) is 1.74. The van der Waals surface area contributed by atoms with Crippen LogP contribution in [-0.4, -0.2) is 15.7 Å². The number of alkyl halides is 3. The Labute approximate surface area is 122 Å². The molecule has 0 saturated heterocycles. The van der Waals surface area contributed by atoms with Gasteiger partial charge in [-0.3, -0.25) is 9.48 Å². The number of hydrogen-bond acceptors (Lipinski definition) is 3. The van der Waals surface area contributed by atoms with Gasteiger partial charge >= 0.3 is 6.18 Å². The number of nitrogens with two attached hydrogens (primary N) is 1. The van der Waals surface area contributed by atoms with Crippen molar-refractivity contribution in [3.05, 3.63) is 40.7 Å². The van der Waals surface area contributed by atoms with Crippen LogP contribution in [0.5, 0.6) is 0 Å². The maximum Gasteiger partial charge on any atom is 0.417 e. The number of carbonyl (C=O) groups is 1. The zero-order chi connectivity index (χ0) is 15.8. The van der Waals surface area contributed by atoms with Crippen molar-refractivity contribution >= 4 is 28.9 Å². The number of benzene rings is 1. The molecule has 0 saturated carbocycles. The number of rotatable bonds is 2. The van der Waals surface area contributed by atoms with Crippen LogP contribution in [0, 0.1) is 0 Å². The summed E-state index contributed by atoms with van der Waals surface area (Å²) in [7, 11) is 1.49. The van der Waals surface area contributed by atoms with Gasteiger partial charge in [0.05, 0.1) is 22.5 Å². The number of hydrogen-bond donors (Lipinski definition) is 2. The molecule has 21 heavy (non-hydrogen) atoms. The van der Waals surface area contributed by atoms with Crippen LogP contribution in [0.4, 0.5) is 24.5 Å². The van der Waals surface area contributed by atoms with Crippen LogP contribution in [0.25, 0.3) is 0 Å². The summed E-state index contributed by atoms with van der Waals surface area (Å²) in [6.07, 6.45) is -3.33. The molecule has 112 valence electrons. The van der Waals surface area contributed by atoms with E-state index in [2.05, 4.69) is 10.4 Å². The second kappa shape index (κ2) is 5.28. The van der Waals surface area contributed by atoms with Crippen molar-refractivity contribution in [2.24, 2.45) is 7.05 Å². The molecule has 0 unspecified atom stereocenters. The van der Waals surface area contributed by atoms with Crippen molar-refractivity contribution in [3.63, 3.8) is 0 Å². The molecule has 0 spiro atoms. The molecule has 0 fully saturated rings. The molecule has 0 aliphatic carbocycles. The number of nitrogens with one attached hydrogen (secondary N) is 1. The van der Waals surface area contributed by atoms with E-state index < -0.39 is 22.7 Å². The van der Waals surface area contributed by atoms with Crippen molar-refractivity contribution < 1.29 is 18.0 Å². The van der Waals surface area contributed by atoms with Crippen LogP contribution >= 0.6 is 11.6 Å². The van der Waals surface area contributed by atoms with Gasteiger partial charge in [0, 0.05) is 12.7 Å². The Morgan fingerprint density at radius 3 is 2.62 bits per heavy atom. The summed E-state index contributed by atoms with van der Waals surface area (Å²) >= 11 is 5.50. The summed E-state index contributed by atoms with van der Waals surface area (Å²) in [4.78, 5) is 12.0. The van der Waals surface area contributed by atoms with Gasteiger partial charge in [-0.15, -0.1) is 0 Å². The third-order valence-corrected chi connectivity index (χ3v) is 3.04. The van der Waals surface area contributed by atoms with E-state index in [-0.39, 0.29) is 17.1 Å². The molecular weight excluding hydrogens is 309 g/mol. The maximum atomic E-state index is 12.7. The van der Waals surface area contributed by atoms with Crippen LogP contribution < -0.4 is 11.1 Å². The van der Waals surface area contributed by atoms with Crippen molar-refractivity contribution in [3.8, 4) is 0 Å². The topological polar surface area (TPSA) is 72.9 Å². The molecule has 9 heteroatoms. The average molecular weight is 319 g/mol. The first-order chi connectivity index (χ1) is 9.70. The van der Waals surface area contributed by atoms with Crippen molar-refractivity contribution in [2.45, 2.75) is 6.18 Å². The first kappa shape index (κ1) is 15.2. The lowest BCUT2D eigenvalue weighted by molar-refractivity contribution is -0.137. The molecule has 2 rings (SSSR count). The number of anilines is 2. The molecule has 0 bridgehead atoms. The van der Waals surface area contributed by atoms with E-state index in [0.717, 1.165) is 12.1 Å². The molecule has 0 aliphatic heterocycles. The number of nitrogens with zero attached hydrogens (tertiary/aromatic N) is 2. The lowest BCUT2D eigenvalue weighted by atomic mass is 10.2. The number of nitrogen functional groups attached to an aromatic ring is 1. The molecule has 1 heterocycles. The monoisotopic (exact) mass is 318 g/mol. The van der Waals surface area contributed by atoms with E-state index in [0.29, 0.717) is 0 Å². The van der Waals surface area contributed by atoms with Crippen molar-refractivity contribution in [1.29, 1.82) is 0 Å². The summed E-state index contributed by atoms with van der Waals surface area (Å²) in [6.45, 7) is 0. The van der Waals surface area contributed by atoms with Gasteiger partial charge in [-0.25, -0.2) is 0 Å². The van der Waals surface area contributed by atoms with Crippen LogP contribution in [-0.2, 0) is 13.2 Å². The Balaban J connectivity index is 2.31. The summed E-state index contributed by atoms with van der Waals surface area (Å²) in [5.41, 5.74) is 4.68.